The molecule has 5 heteroatoms. The highest BCUT2D eigenvalue weighted by Crippen LogP contribution is 2.27. The van der Waals surface area contributed by atoms with Crippen LogP contribution in [0.3, 0.4) is 0 Å². The van der Waals surface area contributed by atoms with Crippen LogP contribution in [0.25, 0.3) is 10.9 Å². The number of nitrogens with one attached hydrogen (secondary N) is 1. The molecule has 2 aromatic heterocycles. The molecule has 5 nitrogen and oxygen atoms in total. The molecule has 1 fully saturated rings. The van der Waals surface area contributed by atoms with Crippen LogP contribution >= 0.6 is 0 Å². The van der Waals surface area contributed by atoms with Gasteiger partial charge in [-0.05, 0) is 55.7 Å². The zero-order chi connectivity index (χ0) is 17.9. The van der Waals surface area contributed by atoms with Crippen LogP contribution in [0.2, 0.25) is 0 Å². The van der Waals surface area contributed by atoms with Crippen molar-refractivity contribution in [3.05, 3.63) is 66.1 Å². The summed E-state index contributed by atoms with van der Waals surface area (Å²) in [6.07, 6.45) is 7.24. The predicted molar refractivity (Wildman–Crippen MR) is 101 cm³/mol. The van der Waals surface area contributed by atoms with Gasteiger partial charge in [-0.25, -0.2) is 0 Å². The maximum absolute atomic E-state index is 13.2. The van der Waals surface area contributed by atoms with Crippen molar-refractivity contribution < 1.29 is 9.53 Å². The lowest BCUT2D eigenvalue weighted by Gasteiger charge is -2.28. The van der Waals surface area contributed by atoms with E-state index in [1.807, 2.05) is 54.5 Å². The van der Waals surface area contributed by atoms with Crippen LogP contribution in [-0.4, -0.2) is 46.1 Å². The monoisotopic (exact) mass is 349 g/mol. The summed E-state index contributed by atoms with van der Waals surface area (Å²) in [7, 11) is 0. The van der Waals surface area contributed by atoms with Crippen LogP contribution in [-0.2, 0) is 11.2 Å². The number of likely N-dealkylation sites (tertiary alicyclic amines) is 1. The number of carbonyl (C=O) groups excluding carboxylic acids is 1. The zero-order valence-electron chi connectivity index (χ0n) is 14.9. The van der Waals surface area contributed by atoms with Gasteiger partial charge in [0.1, 0.15) is 0 Å². The van der Waals surface area contributed by atoms with E-state index >= 15 is 0 Å². The summed E-state index contributed by atoms with van der Waals surface area (Å²) in [5.74, 6) is 0.0733. The van der Waals surface area contributed by atoms with E-state index in [1.54, 1.807) is 6.20 Å². The number of pyridine rings is 1. The van der Waals surface area contributed by atoms with E-state index in [9.17, 15) is 4.79 Å². The summed E-state index contributed by atoms with van der Waals surface area (Å²) in [6, 6.07) is 11.9. The van der Waals surface area contributed by atoms with Crippen LogP contribution in [0, 0.1) is 0 Å². The van der Waals surface area contributed by atoms with Crippen molar-refractivity contribution in [3.8, 4) is 0 Å². The first-order chi connectivity index (χ1) is 12.8. The lowest BCUT2D eigenvalue weighted by Crippen LogP contribution is -2.42. The molecule has 0 aliphatic carbocycles. The molecule has 0 saturated carbocycles. The molecule has 1 amide bonds. The summed E-state index contributed by atoms with van der Waals surface area (Å²) in [5, 5.41) is 1.06. The molecule has 0 radical (unpaired) electrons. The highest BCUT2D eigenvalue weighted by atomic mass is 16.5. The van der Waals surface area contributed by atoms with Gasteiger partial charge in [-0.2, -0.15) is 0 Å². The molecule has 1 aliphatic heterocycles. The number of nitrogens with zero attached hydrogens (tertiary/aromatic N) is 2. The molecule has 0 unspecified atom stereocenters. The van der Waals surface area contributed by atoms with Crippen molar-refractivity contribution in [2.24, 2.45) is 0 Å². The van der Waals surface area contributed by atoms with Crippen molar-refractivity contribution in [1.82, 2.24) is 14.9 Å². The minimum Gasteiger partial charge on any atom is -0.376 e. The number of benzene rings is 1. The van der Waals surface area contributed by atoms with Crippen molar-refractivity contribution in [3.63, 3.8) is 0 Å². The summed E-state index contributed by atoms with van der Waals surface area (Å²) < 4.78 is 5.94. The van der Waals surface area contributed by atoms with Crippen molar-refractivity contribution >= 4 is 16.8 Å². The molecule has 2 atom stereocenters. The van der Waals surface area contributed by atoms with Gasteiger partial charge < -0.3 is 14.6 Å². The quantitative estimate of drug-likeness (QED) is 0.768. The van der Waals surface area contributed by atoms with E-state index in [4.69, 9.17) is 4.74 Å². The molecule has 1 aliphatic rings. The fraction of sp³-hybridized carbons (Fsp3) is 0.333. The number of rotatable bonds is 5. The Bertz CT molecular complexity index is 890. The molecule has 134 valence electrons. The Balaban J connectivity index is 1.60. The van der Waals surface area contributed by atoms with E-state index < -0.39 is 0 Å². The van der Waals surface area contributed by atoms with Gasteiger partial charge in [-0.1, -0.05) is 6.07 Å². The third kappa shape index (κ3) is 3.22. The van der Waals surface area contributed by atoms with Gasteiger partial charge in [0.15, 0.2) is 0 Å². The highest BCUT2D eigenvalue weighted by molar-refractivity contribution is 5.98. The van der Waals surface area contributed by atoms with Crippen molar-refractivity contribution in [2.45, 2.75) is 31.9 Å². The fourth-order valence-electron chi connectivity index (χ4n) is 3.84. The van der Waals surface area contributed by atoms with Crippen LogP contribution in [0.4, 0.5) is 0 Å². The van der Waals surface area contributed by atoms with E-state index in [0.717, 1.165) is 41.4 Å². The number of hydrogen-bond acceptors (Lipinski definition) is 3. The minimum atomic E-state index is 0.0357. The van der Waals surface area contributed by atoms with Gasteiger partial charge in [0.05, 0.1) is 12.1 Å². The number of amides is 1. The van der Waals surface area contributed by atoms with Gasteiger partial charge >= 0.3 is 0 Å². The van der Waals surface area contributed by atoms with Crippen LogP contribution < -0.4 is 0 Å². The molecule has 1 N–H and O–H groups in total. The average molecular weight is 349 g/mol. The normalized spacial score (nSPS) is 20.0. The lowest BCUT2D eigenvalue weighted by molar-refractivity contribution is 0.0312. The molecular formula is C21H23N3O2. The molecule has 1 aromatic carbocycles. The smallest absolute Gasteiger partial charge is 0.254 e. The molecule has 26 heavy (non-hydrogen) atoms. The predicted octanol–water partition coefficient (Wildman–Crippen LogP) is 3.43. The summed E-state index contributed by atoms with van der Waals surface area (Å²) in [5.41, 5.74) is 2.90. The molecule has 3 aromatic rings. The fourth-order valence-corrected chi connectivity index (χ4v) is 3.84. The van der Waals surface area contributed by atoms with Gasteiger partial charge in [-0.15, -0.1) is 0 Å². The topological polar surface area (TPSA) is 58.2 Å². The number of carbonyl (C=O) groups is 1. The number of hydrogen-bond donors (Lipinski definition) is 1. The first-order valence-corrected chi connectivity index (χ1v) is 9.15. The van der Waals surface area contributed by atoms with Crippen LogP contribution in [0.1, 0.15) is 29.3 Å². The van der Waals surface area contributed by atoms with E-state index in [2.05, 4.69) is 16.0 Å². The first-order valence-electron chi connectivity index (χ1n) is 9.15. The second-order valence-corrected chi connectivity index (χ2v) is 6.69. The number of aromatic nitrogens is 2. The molecule has 4 rings (SSSR count). The van der Waals surface area contributed by atoms with Gasteiger partial charge in [0.2, 0.25) is 0 Å². The van der Waals surface area contributed by atoms with Gasteiger partial charge in [-0.3, -0.25) is 9.78 Å². The highest BCUT2D eigenvalue weighted by Gasteiger charge is 2.37. The van der Waals surface area contributed by atoms with E-state index in [-0.39, 0.29) is 18.1 Å². The number of aromatic amines is 1. The Morgan fingerprint density at radius 1 is 1.35 bits per heavy atom. The van der Waals surface area contributed by atoms with E-state index in [0.29, 0.717) is 6.61 Å². The maximum atomic E-state index is 13.2. The van der Waals surface area contributed by atoms with Crippen LogP contribution in [0.5, 0.6) is 0 Å². The number of H-pyrrole nitrogens is 1. The first kappa shape index (κ1) is 16.8. The second-order valence-electron chi connectivity index (χ2n) is 6.69. The summed E-state index contributed by atoms with van der Waals surface area (Å²) >= 11 is 0. The summed E-state index contributed by atoms with van der Waals surface area (Å²) in [6.45, 7) is 3.39. The standard InChI is InChI=1S/C21H23N3O2/c1-2-26-20-8-11-24(19(20)12-15-4-3-9-22-14-15)21(25)17-5-6-18-16(13-17)7-10-23-18/h3-7,9-10,13-14,19-20,23H,2,8,11-12H2,1H3/t19-,20-/m1/s1. The Morgan fingerprint density at radius 3 is 3.08 bits per heavy atom. The minimum absolute atomic E-state index is 0.0357. The number of ether oxygens (including phenoxy) is 1. The van der Waals surface area contributed by atoms with Crippen molar-refractivity contribution in [2.75, 3.05) is 13.2 Å². The average Bonchev–Trinajstić information content (AvgIpc) is 3.29. The second kappa shape index (κ2) is 7.30. The van der Waals surface area contributed by atoms with Gasteiger partial charge in [0, 0.05) is 48.2 Å². The van der Waals surface area contributed by atoms with Crippen LogP contribution in [0.15, 0.2) is 55.0 Å². The Hall–Kier alpha value is -2.66. The molecule has 0 bridgehead atoms. The lowest BCUT2D eigenvalue weighted by atomic mass is 10.0. The number of fused-ring (bicyclic) bond motifs is 1. The molecule has 3 heterocycles. The van der Waals surface area contributed by atoms with Crippen molar-refractivity contribution in [1.29, 1.82) is 0 Å². The third-order valence-electron chi connectivity index (χ3n) is 5.09. The Morgan fingerprint density at radius 2 is 2.27 bits per heavy atom. The maximum Gasteiger partial charge on any atom is 0.254 e. The SMILES string of the molecule is CCO[C@@H]1CCN(C(=O)c2ccc3[nH]ccc3c2)[C@@H]1Cc1cccnc1. The molecule has 1 saturated heterocycles. The largest absolute Gasteiger partial charge is 0.376 e. The Labute approximate surface area is 153 Å². The summed E-state index contributed by atoms with van der Waals surface area (Å²) in [4.78, 5) is 22.6. The molecule has 0 spiro atoms. The van der Waals surface area contributed by atoms with E-state index in [1.165, 1.54) is 0 Å². The zero-order valence-corrected chi connectivity index (χ0v) is 14.9. The Kier molecular flexibility index (Phi) is 4.71. The molecular weight excluding hydrogens is 326 g/mol. The third-order valence-corrected chi connectivity index (χ3v) is 5.09. The van der Waals surface area contributed by atoms with Gasteiger partial charge in [0.25, 0.3) is 5.91 Å².